The molecule has 3 heteroatoms. The van der Waals surface area contributed by atoms with Gasteiger partial charge in [-0.3, -0.25) is 0 Å². The normalized spacial score (nSPS) is 25.4. The second-order valence-electron chi connectivity index (χ2n) is 4.95. The van der Waals surface area contributed by atoms with E-state index in [0.717, 1.165) is 13.1 Å². The third kappa shape index (κ3) is 2.05. The Labute approximate surface area is 106 Å². The molecule has 0 aliphatic carbocycles. The number of anilines is 1. The fourth-order valence-corrected chi connectivity index (χ4v) is 3.28. The Morgan fingerprint density at radius 2 is 2.18 bits per heavy atom. The van der Waals surface area contributed by atoms with Gasteiger partial charge in [-0.2, -0.15) is 0 Å². The molecule has 2 nitrogen and oxygen atoms in total. The Bertz CT molecular complexity index is 520. The van der Waals surface area contributed by atoms with Crippen LogP contribution in [0.5, 0.6) is 0 Å². The average molecular weight is 246 g/mol. The highest BCUT2D eigenvalue weighted by Gasteiger charge is 2.22. The van der Waals surface area contributed by atoms with Crippen molar-refractivity contribution in [3.8, 4) is 0 Å². The summed E-state index contributed by atoms with van der Waals surface area (Å²) in [7, 11) is 0. The third-order valence-corrected chi connectivity index (χ3v) is 4.43. The van der Waals surface area contributed by atoms with Gasteiger partial charge in [0.2, 0.25) is 0 Å². The van der Waals surface area contributed by atoms with Crippen LogP contribution in [0.25, 0.3) is 10.1 Å². The quantitative estimate of drug-likeness (QED) is 0.832. The average Bonchev–Trinajstić information content (AvgIpc) is 2.79. The van der Waals surface area contributed by atoms with Gasteiger partial charge in [0.25, 0.3) is 0 Å². The molecule has 1 aromatic heterocycles. The van der Waals surface area contributed by atoms with Crippen LogP contribution in [0, 0.1) is 0 Å². The summed E-state index contributed by atoms with van der Waals surface area (Å²) in [5.41, 5.74) is 1.36. The second-order valence-corrected chi connectivity index (χ2v) is 5.90. The SMILES string of the molecule is CC1CN(c2ccc3sccc3c2)C(C)CN1. The van der Waals surface area contributed by atoms with E-state index < -0.39 is 0 Å². The number of hydrogen-bond acceptors (Lipinski definition) is 3. The van der Waals surface area contributed by atoms with E-state index >= 15 is 0 Å². The number of piperazine rings is 1. The zero-order valence-corrected chi connectivity index (χ0v) is 11.1. The number of nitrogens with zero attached hydrogens (tertiary/aromatic N) is 1. The van der Waals surface area contributed by atoms with Crippen molar-refractivity contribution in [1.29, 1.82) is 0 Å². The number of benzene rings is 1. The fourth-order valence-electron chi connectivity index (χ4n) is 2.51. The largest absolute Gasteiger partial charge is 0.366 e. The maximum absolute atomic E-state index is 3.52. The lowest BCUT2D eigenvalue weighted by Crippen LogP contribution is -2.54. The van der Waals surface area contributed by atoms with Crippen LogP contribution in [0.1, 0.15) is 13.8 Å². The molecule has 3 rings (SSSR count). The van der Waals surface area contributed by atoms with Gasteiger partial charge < -0.3 is 10.2 Å². The first-order valence-corrected chi connectivity index (χ1v) is 7.09. The number of fused-ring (bicyclic) bond motifs is 1. The van der Waals surface area contributed by atoms with Gasteiger partial charge in [-0.1, -0.05) is 0 Å². The van der Waals surface area contributed by atoms with Crippen LogP contribution in [-0.4, -0.2) is 25.2 Å². The van der Waals surface area contributed by atoms with Crippen molar-refractivity contribution >= 4 is 27.1 Å². The Balaban J connectivity index is 1.95. The maximum Gasteiger partial charge on any atom is 0.0387 e. The molecule has 1 aliphatic rings. The Hall–Kier alpha value is -1.06. The van der Waals surface area contributed by atoms with Gasteiger partial charge in [0, 0.05) is 35.6 Å². The first-order valence-electron chi connectivity index (χ1n) is 6.21. The molecule has 1 aromatic carbocycles. The summed E-state index contributed by atoms with van der Waals surface area (Å²) in [5.74, 6) is 0. The summed E-state index contributed by atoms with van der Waals surface area (Å²) < 4.78 is 1.38. The molecule has 90 valence electrons. The summed E-state index contributed by atoms with van der Waals surface area (Å²) in [6, 6.07) is 10.2. The van der Waals surface area contributed by atoms with Crippen LogP contribution < -0.4 is 10.2 Å². The van der Waals surface area contributed by atoms with Gasteiger partial charge in [0.15, 0.2) is 0 Å². The van der Waals surface area contributed by atoms with Crippen molar-refractivity contribution in [3.05, 3.63) is 29.6 Å². The number of rotatable bonds is 1. The van der Waals surface area contributed by atoms with E-state index in [1.54, 1.807) is 0 Å². The van der Waals surface area contributed by atoms with Gasteiger partial charge >= 0.3 is 0 Å². The predicted molar refractivity (Wildman–Crippen MR) is 76.1 cm³/mol. The Morgan fingerprint density at radius 3 is 3.06 bits per heavy atom. The highest BCUT2D eigenvalue weighted by Crippen LogP contribution is 2.27. The van der Waals surface area contributed by atoms with Crippen molar-refractivity contribution in [2.24, 2.45) is 0 Å². The first-order chi connectivity index (χ1) is 8.24. The van der Waals surface area contributed by atoms with E-state index in [1.165, 1.54) is 15.8 Å². The van der Waals surface area contributed by atoms with Gasteiger partial charge in [0.1, 0.15) is 0 Å². The molecule has 2 aromatic rings. The molecule has 2 atom stereocenters. The zero-order chi connectivity index (χ0) is 11.8. The minimum Gasteiger partial charge on any atom is -0.366 e. The van der Waals surface area contributed by atoms with Crippen molar-refractivity contribution in [1.82, 2.24) is 5.32 Å². The van der Waals surface area contributed by atoms with E-state index in [-0.39, 0.29) is 0 Å². The van der Waals surface area contributed by atoms with E-state index in [1.807, 2.05) is 11.3 Å². The van der Waals surface area contributed by atoms with Crippen LogP contribution in [0.2, 0.25) is 0 Å². The van der Waals surface area contributed by atoms with Crippen molar-refractivity contribution in [3.63, 3.8) is 0 Å². The molecule has 0 amide bonds. The summed E-state index contributed by atoms with van der Waals surface area (Å²) in [4.78, 5) is 2.51. The van der Waals surface area contributed by atoms with Gasteiger partial charge in [-0.15, -0.1) is 11.3 Å². The lowest BCUT2D eigenvalue weighted by atomic mass is 10.1. The molecule has 1 saturated heterocycles. The van der Waals surface area contributed by atoms with E-state index in [2.05, 4.69) is 53.7 Å². The van der Waals surface area contributed by atoms with Crippen molar-refractivity contribution < 1.29 is 0 Å². The molecule has 1 N–H and O–H groups in total. The van der Waals surface area contributed by atoms with E-state index in [9.17, 15) is 0 Å². The minimum atomic E-state index is 0.572. The highest BCUT2D eigenvalue weighted by molar-refractivity contribution is 7.17. The minimum absolute atomic E-state index is 0.572. The Morgan fingerprint density at radius 1 is 1.29 bits per heavy atom. The summed E-state index contributed by atoms with van der Waals surface area (Å²) in [6.45, 7) is 6.71. The fraction of sp³-hybridized carbons (Fsp3) is 0.429. The molecular formula is C14H18N2S. The lowest BCUT2D eigenvalue weighted by Gasteiger charge is -2.39. The summed E-state index contributed by atoms with van der Waals surface area (Å²) in [6.07, 6.45) is 0. The Kier molecular flexibility index (Phi) is 2.81. The van der Waals surface area contributed by atoms with Gasteiger partial charge in [0.05, 0.1) is 0 Å². The highest BCUT2D eigenvalue weighted by atomic mass is 32.1. The molecule has 0 saturated carbocycles. The molecule has 1 fully saturated rings. The van der Waals surface area contributed by atoms with E-state index in [4.69, 9.17) is 0 Å². The molecule has 2 heterocycles. The molecule has 0 radical (unpaired) electrons. The van der Waals surface area contributed by atoms with Crippen LogP contribution in [0.15, 0.2) is 29.6 Å². The monoisotopic (exact) mass is 246 g/mol. The molecule has 1 aliphatic heterocycles. The molecule has 2 unspecified atom stereocenters. The number of thiophene rings is 1. The molecular weight excluding hydrogens is 228 g/mol. The first kappa shape index (κ1) is 11.1. The number of nitrogens with one attached hydrogen (secondary N) is 1. The standard InChI is InChI=1S/C14H18N2S/c1-10-9-16(11(2)8-15-10)13-3-4-14-12(7-13)5-6-17-14/h3-7,10-11,15H,8-9H2,1-2H3. The predicted octanol–water partition coefficient (Wildman–Crippen LogP) is 3.09. The third-order valence-electron chi connectivity index (χ3n) is 3.53. The smallest absolute Gasteiger partial charge is 0.0387 e. The topological polar surface area (TPSA) is 15.3 Å². The van der Waals surface area contributed by atoms with Crippen LogP contribution in [0.4, 0.5) is 5.69 Å². The van der Waals surface area contributed by atoms with Crippen LogP contribution >= 0.6 is 11.3 Å². The zero-order valence-electron chi connectivity index (χ0n) is 10.3. The summed E-state index contributed by atoms with van der Waals surface area (Å²) >= 11 is 1.81. The van der Waals surface area contributed by atoms with Crippen LogP contribution in [-0.2, 0) is 0 Å². The molecule has 0 bridgehead atoms. The number of hydrogen-bond donors (Lipinski definition) is 1. The van der Waals surface area contributed by atoms with Gasteiger partial charge in [-0.05, 0) is 48.9 Å². The lowest BCUT2D eigenvalue weighted by molar-refractivity contribution is 0.425. The molecule has 17 heavy (non-hydrogen) atoms. The summed E-state index contributed by atoms with van der Waals surface area (Å²) in [5, 5.41) is 7.06. The van der Waals surface area contributed by atoms with E-state index in [0.29, 0.717) is 12.1 Å². The van der Waals surface area contributed by atoms with Gasteiger partial charge in [-0.25, -0.2) is 0 Å². The van der Waals surface area contributed by atoms with Crippen molar-refractivity contribution in [2.45, 2.75) is 25.9 Å². The second kappa shape index (κ2) is 4.31. The maximum atomic E-state index is 3.52. The molecule has 0 spiro atoms. The van der Waals surface area contributed by atoms with Crippen LogP contribution in [0.3, 0.4) is 0 Å². The van der Waals surface area contributed by atoms with Crippen molar-refractivity contribution in [2.75, 3.05) is 18.0 Å².